The molecule has 0 aliphatic carbocycles. The van der Waals surface area contributed by atoms with Crippen LogP contribution in [0.5, 0.6) is 11.6 Å². The van der Waals surface area contributed by atoms with E-state index >= 15 is 0 Å². The van der Waals surface area contributed by atoms with Crippen LogP contribution in [0.4, 0.5) is 0 Å². The summed E-state index contributed by atoms with van der Waals surface area (Å²) in [6.07, 6.45) is 0. The summed E-state index contributed by atoms with van der Waals surface area (Å²) in [4.78, 5) is 4.26. The highest BCUT2D eigenvalue weighted by molar-refractivity contribution is 6.31. The van der Waals surface area contributed by atoms with Crippen molar-refractivity contribution in [2.75, 3.05) is 0 Å². The van der Waals surface area contributed by atoms with E-state index in [0.29, 0.717) is 16.7 Å². The number of aryl methyl sites for hydroxylation is 2. The van der Waals surface area contributed by atoms with E-state index in [0.717, 1.165) is 11.3 Å². The summed E-state index contributed by atoms with van der Waals surface area (Å²) >= 11 is 6.01. The SMILES string of the molecule is Cc1cccc(Oc2ccc(C)c(Cl)c2)n1. The zero-order chi connectivity index (χ0) is 11.5. The van der Waals surface area contributed by atoms with Crippen LogP contribution in [-0.4, -0.2) is 4.98 Å². The lowest BCUT2D eigenvalue weighted by Crippen LogP contribution is -1.89. The van der Waals surface area contributed by atoms with Gasteiger partial charge in [-0.25, -0.2) is 4.98 Å². The van der Waals surface area contributed by atoms with Gasteiger partial charge in [-0.1, -0.05) is 23.7 Å². The molecule has 1 aromatic carbocycles. The van der Waals surface area contributed by atoms with Crippen molar-refractivity contribution in [3.63, 3.8) is 0 Å². The summed E-state index contributed by atoms with van der Waals surface area (Å²) in [5.74, 6) is 1.29. The highest BCUT2D eigenvalue weighted by atomic mass is 35.5. The predicted molar refractivity (Wildman–Crippen MR) is 65.2 cm³/mol. The molecule has 0 amide bonds. The zero-order valence-corrected chi connectivity index (χ0v) is 9.95. The van der Waals surface area contributed by atoms with Crippen molar-refractivity contribution in [1.29, 1.82) is 0 Å². The van der Waals surface area contributed by atoms with Crippen LogP contribution < -0.4 is 4.74 Å². The highest BCUT2D eigenvalue weighted by Gasteiger charge is 2.01. The highest BCUT2D eigenvalue weighted by Crippen LogP contribution is 2.25. The van der Waals surface area contributed by atoms with Gasteiger partial charge in [0.2, 0.25) is 5.88 Å². The monoisotopic (exact) mass is 233 g/mol. The average Bonchev–Trinajstić information content (AvgIpc) is 2.24. The number of ether oxygens (including phenoxy) is 1. The first-order chi connectivity index (χ1) is 7.65. The summed E-state index contributed by atoms with van der Waals surface area (Å²) in [6.45, 7) is 3.88. The second-order valence-corrected chi connectivity index (χ2v) is 4.04. The van der Waals surface area contributed by atoms with Crippen molar-refractivity contribution < 1.29 is 4.74 Å². The van der Waals surface area contributed by atoms with Crippen LogP contribution in [-0.2, 0) is 0 Å². The van der Waals surface area contributed by atoms with Crippen LogP contribution in [0.1, 0.15) is 11.3 Å². The van der Waals surface area contributed by atoms with Crippen LogP contribution in [0.15, 0.2) is 36.4 Å². The van der Waals surface area contributed by atoms with Gasteiger partial charge in [0, 0.05) is 16.8 Å². The first-order valence-corrected chi connectivity index (χ1v) is 5.40. The van der Waals surface area contributed by atoms with Crippen molar-refractivity contribution in [2.24, 2.45) is 0 Å². The molecule has 0 spiro atoms. The van der Waals surface area contributed by atoms with Gasteiger partial charge in [0.15, 0.2) is 0 Å². The summed E-state index contributed by atoms with van der Waals surface area (Å²) < 4.78 is 5.60. The zero-order valence-electron chi connectivity index (χ0n) is 9.20. The third-order valence-corrected chi connectivity index (χ3v) is 2.64. The fourth-order valence-corrected chi connectivity index (χ4v) is 1.50. The molecular weight excluding hydrogens is 222 g/mol. The van der Waals surface area contributed by atoms with E-state index in [9.17, 15) is 0 Å². The Bertz CT molecular complexity index is 511. The molecule has 0 fully saturated rings. The lowest BCUT2D eigenvalue weighted by Gasteiger charge is -2.06. The topological polar surface area (TPSA) is 22.1 Å². The van der Waals surface area contributed by atoms with Gasteiger partial charge in [-0.2, -0.15) is 0 Å². The quantitative estimate of drug-likeness (QED) is 0.778. The fourth-order valence-electron chi connectivity index (χ4n) is 1.33. The van der Waals surface area contributed by atoms with Gasteiger partial charge >= 0.3 is 0 Å². The lowest BCUT2D eigenvalue weighted by atomic mass is 10.2. The molecule has 2 nitrogen and oxygen atoms in total. The summed E-state index contributed by atoms with van der Waals surface area (Å²) in [6, 6.07) is 11.3. The van der Waals surface area contributed by atoms with Crippen molar-refractivity contribution in [3.8, 4) is 11.6 Å². The number of pyridine rings is 1. The summed E-state index contributed by atoms with van der Waals surface area (Å²) in [7, 11) is 0. The van der Waals surface area contributed by atoms with Crippen LogP contribution in [0.3, 0.4) is 0 Å². The predicted octanol–water partition coefficient (Wildman–Crippen LogP) is 4.14. The molecule has 2 aromatic rings. The molecular formula is C13H12ClNO. The molecule has 0 unspecified atom stereocenters. The van der Waals surface area contributed by atoms with Crippen LogP contribution >= 0.6 is 11.6 Å². The number of aromatic nitrogens is 1. The molecule has 82 valence electrons. The summed E-state index contributed by atoms with van der Waals surface area (Å²) in [5, 5.41) is 0.699. The van der Waals surface area contributed by atoms with Crippen LogP contribution in [0.2, 0.25) is 5.02 Å². The minimum atomic E-state index is 0.583. The first-order valence-electron chi connectivity index (χ1n) is 5.03. The lowest BCUT2D eigenvalue weighted by molar-refractivity contribution is 0.461. The maximum atomic E-state index is 6.01. The fraction of sp³-hybridized carbons (Fsp3) is 0.154. The Morgan fingerprint density at radius 2 is 1.94 bits per heavy atom. The van der Waals surface area contributed by atoms with Crippen molar-refractivity contribution in [1.82, 2.24) is 4.98 Å². The Hall–Kier alpha value is -1.54. The van der Waals surface area contributed by atoms with Gasteiger partial charge in [-0.15, -0.1) is 0 Å². The smallest absolute Gasteiger partial charge is 0.219 e. The molecule has 0 saturated heterocycles. The Morgan fingerprint density at radius 1 is 1.12 bits per heavy atom. The number of halogens is 1. The Balaban J connectivity index is 2.24. The Labute approximate surface area is 99.9 Å². The van der Waals surface area contributed by atoms with E-state index in [2.05, 4.69) is 4.98 Å². The molecule has 0 radical (unpaired) electrons. The normalized spacial score (nSPS) is 10.2. The molecule has 1 aromatic heterocycles. The second-order valence-electron chi connectivity index (χ2n) is 3.63. The molecule has 0 aliphatic heterocycles. The molecule has 2 rings (SSSR count). The molecule has 0 aliphatic rings. The molecule has 0 bridgehead atoms. The molecule has 3 heteroatoms. The van der Waals surface area contributed by atoms with E-state index in [1.165, 1.54) is 0 Å². The van der Waals surface area contributed by atoms with Gasteiger partial charge in [-0.3, -0.25) is 0 Å². The van der Waals surface area contributed by atoms with Crippen molar-refractivity contribution in [2.45, 2.75) is 13.8 Å². The number of rotatable bonds is 2. The average molecular weight is 234 g/mol. The van der Waals surface area contributed by atoms with Gasteiger partial charge in [-0.05, 0) is 37.6 Å². The number of benzene rings is 1. The molecule has 0 N–H and O–H groups in total. The summed E-state index contributed by atoms with van der Waals surface area (Å²) in [5.41, 5.74) is 1.96. The first kappa shape index (κ1) is 11.0. The van der Waals surface area contributed by atoms with E-state index in [-0.39, 0.29) is 0 Å². The Morgan fingerprint density at radius 3 is 2.62 bits per heavy atom. The van der Waals surface area contributed by atoms with Gasteiger partial charge in [0.05, 0.1) is 0 Å². The number of nitrogens with zero attached hydrogens (tertiary/aromatic N) is 1. The van der Waals surface area contributed by atoms with Crippen LogP contribution in [0.25, 0.3) is 0 Å². The number of hydrogen-bond donors (Lipinski definition) is 0. The minimum absolute atomic E-state index is 0.583. The van der Waals surface area contributed by atoms with Crippen LogP contribution in [0, 0.1) is 13.8 Å². The minimum Gasteiger partial charge on any atom is -0.439 e. The standard InChI is InChI=1S/C13H12ClNO/c1-9-6-7-11(8-12(9)14)16-13-5-3-4-10(2)15-13/h3-8H,1-2H3. The number of hydrogen-bond acceptors (Lipinski definition) is 2. The third kappa shape index (κ3) is 2.52. The third-order valence-electron chi connectivity index (χ3n) is 2.23. The van der Waals surface area contributed by atoms with Gasteiger partial charge < -0.3 is 4.74 Å². The van der Waals surface area contributed by atoms with E-state index in [1.54, 1.807) is 6.07 Å². The maximum Gasteiger partial charge on any atom is 0.219 e. The molecule has 1 heterocycles. The van der Waals surface area contributed by atoms with E-state index in [4.69, 9.17) is 16.3 Å². The van der Waals surface area contributed by atoms with Crippen molar-refractivity contribution in [3.05, 3.63) is 52.7 Å². The molecule has 0 saturated carbocycles. The maximum absolute atomic E-state index is 6.01. The van der Waals surface area contributed by atoms with Crippen molar-refractivity contribution >= 4 is 11.6 Å². The largest absolute Gasteiger partial charge is 0.439 e. The molecule has 16 heavy (non-hydrogen) atoms. The second kappa shape index (κ2) is 4.54. The Kier molecular flexibility index (Phi) is 3.11. The molecule has 0 atom stereocenters. The van der Waals surface area contributed by atoms with E-state index < -0.39 is 0 Å². The van der Waals surface area contributed by atoms with E-state index in [1.807, 2.05) is 44.2 Å². The van der Waals surface area contributed by atoms with Gasteiger partial charge in [0.1, 0.15) is 5.75 Å². The van der Waals surface area contributed by atoms with Gasteiger partial charge in [0.25, 0.3) is 0 Å².